The van der Waals surface area contributed by atoms with Crippen molar-refractivity contribution < 1.29 is 33.4 Å². The number of urea groups is 1. The van der Waals surface area contributed by atoms with E-state index in [9.17, 15) is 19.2 Å². The zero-order valence-electron chi connectivity index (χ0n) is 20.4. The molecular weight excluding hydrogens is 478 g/mol. The molecule has 1 saturated heterocycles. The normalized spacial score (nSPS) is 15.8. The Kier molecular flexibility index (Phi) is 6.00. The average molecular weight is 501 g/mol. The van der Waals surface area contributed by atoms with Crippen molar-refractivity contribution in [2.45, 2.75) is 20.8 Å². The first-order valence-corrected chi connectivity index (χ1v) is 11.6. The Morgan fingerprint density at radius 2 is 1.70 bits per heavy atom. The molecule has 10 nitrogen and oxygen atoms in total. The van der Waals surface area contributed by atoms with Gasteiger partial charge in [-0.05, 0) is 74.9 Å². The van der Waals surface area contributed by atoms with Gasteiger partial charge in [0, 0.05) is 23.1 Å². The number of carbonyl (C=O) groups excluding carboxylic acids is 4. The van der Waals surface area contributed by atoms with Crippen molar-refractivity contribution >= 4 is 35.6 Å². The zero-order chi connectivity index (χ0) is 26.3. The number of rotatable bonds is 5. The van der Waals surface area contributed by atoms with Crippen LogP contribution in [0.5, 0.6) is 11.5 Å². The van der Waals surface area contributed by atoms with Crippen molar-refractivity contribution in [1.82, 2.24) is 9.88 Å². The fraction of sp³-hybridized carbons (Fsp3) is 0.185. The van der Waals surface area contributed by atoms with Crippen LogP contribution in [0.15, 0.2) is 54.1 Å². The predicted molar refractivity (Wildman–Crippen MR) is 133 cm³/mol. The summed E-state index contributed by atoms with van der Waals surface area (Å²) in [6.07, 6.45) is 1.47. The Morgan fingerprint density at radius 1 is 1.00 bits per heavy atom. The topological polar surface area (TPSA) is 116 Å². The minimum Gasteiger partial charge on any atom is -0.462 e. The molecule has 0 aliphatic carbocycles. The highest BCUT2D eigenvalue weighted by molar-refractivity contribution is 6.39. The molecule has 3 aromatic rings. The maximum atomic E-state index is 13.3. The average Bonchev–Trinajstić information content (AvgIpc) is 3.45. The number of hydrogen-bond acceptors (Lipinski definition) is 7. The number of hydrogen-bond donors (Lipinski definition) is 1. The lowest BCUT2D eigenvalue weighted by molar-refractivity contribution is -0.122. The third-order valence-electron chi connectivity index (χ3n) is 6.12. The van der Waals surface area contributed by atoms with Crippen molar-refractivity contribution in [3.05, 3.63) is 76.6 Å². The van der Waals surface area contributed by atoms with Gasteiger partial charge in [0.05, 0.1) is 17.9 Å². The third kappa shape index (κ3) is 4.22. The van der Waals surface area contributed by atoms with E-state index in [0.717, 1.165) is 22.0 Å². The molecule has 1 fully saturated rings. The number of carbonyl (C=O) groups is 4. The molecule has 0 unspecified atom stereocenters. The standard InChI is InChI=1S/C27H23N3O7/c1-4-35-26(33)17-5-7-19(8-6-17)29-15(2)11-18(16(29)3)12-21-24(31)28-27(34)30(25(21)32)20-9-10-22-23(13-20)37-14-36-22/h5-13H,4,14H2,1-3H3,(H,28,31,34)/b21-12+. The minimum absolute atomic E-state index is 0.0454. The zero-order valence-corrected chi connectivity index (χ0v) is 20.4. The lowest BCUT2D eigenvalue weighted by Crippen LogP contribution is -2.54. The number of barbiturate groups is 1. The first-order valence-electron chi connectivity index (χ1n) is 11.6. The van der Waals surface area contributed by atoms with E-state index in [1.807, 2.05) is 24.5 Å². The van der Waals surface area contributed by atoms with Gasteiger partial charge in [-0.1, -0.05) is 0 Å². The van der Waals surface area contributed by atoms with Crippen molar-refractivity contribution in [1.29, 1.82) is 0 Å². The van der Waals surface area contributed by atoms with Gasteiger partial charge in [-0.25, -0.2) is 14.5 Å². The van der Waals surface area contributed by atoms with Crippen LogP contribution in [0.4, 0.5) is 10.5 Å². The number of fused-ring (bicyclic) bond motifs is 1. The fourth-order valence-corrected chi connectivity index (χ4v) is 4.36. The maximum Gasteiger partial charge on any atom is 0.338 e. The number of amides is 4. The molecule has 0 saturated carbocycles. The van der Waals surface area contributed by atoms with Crippen molar-refractivity contribution in [3.63, 3.8) is 0 Å². The van der Waals surface area contributed by atoms with Gasteiger partial charge in [0.1, 0.15) is 5.57 Å². The molecule has 0 spiro atoms. The second-order valence-corrected chi connectivity index (χ2v) is 8.42. The van der Waals surface area contributed by atoms with E-state index in [0.29, 0.717) is 29.2 Å². The lowest BCUT2D eigenvalue weighted by atomic mass is 10.1. The number of esters is 1. The number of nitrogens with zero attached hydrogens (tertiary/aromatic N) is 2. The smallest absolute Gasteiger partial charge is 0.338 e. The molecule has 1 N–H and O–H groups in total. The van der Waals surface area contributed by atoms with E-state index in [1.54, 1.807) is 43.3 Å². The molecule has 2 aliphatic heterocycles. The quantitative estimate of drug-likeness (QED) is 0.322. The highest BCUT2D eigenvalue weighted by Crippen LogP contribution is 2.36. The number of nitrogens with one attached hydrogen (secondary N) is 1. The van der Waals surface area contributed by atoms with Gasteiger partial charge in [0.2, 0.25) is 6.79 Å². The Hall–Kier alpha value is -4.86. The van der Waals surface area contributed by atoms with Crippen LogP contribution in [0, 0.1) is 13.8 Å². The Morgan fingerprint density at radius 3 is 2.43 bits per heavy atom. The van der Waals surface area contributed by atoms with Crippen LogP contribution in [0.1, 0.15) is 34.2 Å². The summed E-state index contributed by atoms with van der Waals surface area (Å²) in [5.41, 5.74) is 3.54. The summed E-state index contributed by atoms with van der Waals surface area (Å²) in [6, 6.07) is 12.6. The largest absolute Gasteiger partial charge is 0.462 e. The van der Waals surface area contributed by atoms with Crippen LogP contribution in [-0.4, -0.2) is 41.8 Å². The van der Waals surface area contributed by atoms with E-state index < -0.39 is 23.8 Å². The molecule has 37 heavy (non-hydrogen) atoms. The molecule has 2 aliphatic rings. The minimum atomic E-state index is -0.849. The molecule has 0 radical (unpaired) electrons. The molecule has 1 aromatic heterocycles. The summed E-state index contributed by atoms with van der Waals surface area (Å²) in [7, 11) is 0. The highest BCUT2D eigenvalue weighted by atomic mass is 16.7. The summed E-state index contributed by atoms with van der Waals surface area (Å²) in [6.45, 7) is 5.82. The molecule has 0 atom stereocenters. The summed E-state index contributed by atoms with van der Waals surface area (Å²) in [5.74, 6) is -1.03. The highest BCUT2D eigenvalue weighted by Gasteiger charge is 2.37. The second-order valence-electron chi connectivity index (χ2n) is 8.42. The van der Waals surface area contributed by atoms with Crippen LogP contribution in [0.2, 0.25) is 0 Å². The van der Waals surface area contributed by atoms with Crippen LogP contribution >= 0.6 is 0 Å². The summed E-state index contributed by atoms with van der Waals surface area (Å²) >= 11 is 0. The van der Waals surface area contributed by atoms with Gasteiger partial charge in [-0.2, -0.15) is 0 Å². The van der Waals surface area contributed by atoms with Gasteiger partial charge in [0.25, 0.3) is 11.8 Å². The van der Waals surface area contributed by atoms with Gasteiger partial charge >= 0.3 is 12.0 Å². The maximum absolute atomic E-state index is 13.3. The summed E-state index contributed by atoms with van der Waals surface area (Å²) < 4.78 is 17.6. The van der Waals surface area contributed by atoms with E-state index in [-0.39, 0.29) is 18.1 Å². The molecule has 0 bridgehead atoms. The number of aromatic nitrogens is 1. The molecular formula is C27H23N3O7. The third-order valence-corrected chi connectivity index (χ3v) is 6.12. The fourth-order valence-electron chi connectivity index (χ4n) is 4.36. The van der Waals surface area contributed by atoms with Crippen LogP contribution in [0.3, 0.4) is 0 Å². The van der Waals surface area contributed by atoms with Crippen molar-refractivity contribution in [2.24, 2.45) is 0 Å². The number of benzene rings is 2. The Labute approximate surface area is 212 Å². The van der Waals surface area contributed by atoms with Crippen LogP contribution < -0.4 is 19.7 Å². The van der Waals surface area contributed by atoms with Crippen molar-refractivity contribution in [3.8, 4) is 17.2 Å². The van der Waals surface area contributed by atoms with Gasteiger partial charge in [0.15, 0.2) is 11.5 Å². The van der Waals surface area contributed by atoms with E-state index >= 15 is 0 Å². The van der Waals surface area contributed by atoms with Crippen LogP contribution in [-0.2, 0) is 14.3 Å². The van der Waals surface area contributed by atoms with Crippen LogP contribution in [0.25, 0.3) is 11.8 Å². The SMILES string of the molecule is CCOC(=O)c1ccc(-n2c(C)cc(/C=C3\C(=O)NC(=O)N(c4ccc5c(c4)OCO5)C3=O)c2C)cc1. The van der Waals surface area contributed by atoms with Gasteiger partial charge < -0.3 is 18.8 Å². The monoisotopic (exact) mass is 501 g/mol. The second kappa shape index (κ2) is 9.30. The molecule has 2 aromatic carbocycles. The van der Waals surface area contributed by atoms with E-state index in [4.69, 9.17) is 14.2 Å². The van der Waals surface area contributed by atoms with Crippen molar-refractivity contribution in [2.75, 3.05) is 18.3 Å². The van der Waals surface area contributed by atoms with Gasteiger partial charge in [-0.3, -0.25) is 14.9 Å². The lowest BCUT2D eigenvalue weighted by Gasteiger charge is -2.26. The first-order chi connectivity index (χ1) is 17.8. The molecule has 5 rings (SSSR count). The predicted octanol–water partition coefficient (Wildman–Crippen LogP) is 3.67. The van der Waals surface area contributed by atoms with E-state index in [1.165, 1.54) is 12.1 Å². The number of ether oxygens (including phenoxy) is 3. The molecule has 10 heteroatoms. The Balaban J connectivity index is 1.48. The molecule has 188 valence electrons. The molecule has 4 amide bonds. The van der Waals surface area contributed by atoms with Gasteiger partial charge in [-0.15, -0.1) is 0 Å². The molecule has 3 heterocycles. The first kappa shape index (κ1) is 23.9. The number of imide groups is 2. The number of anilines is 1. The summed E-state index contributed by atoms with van der Waals surface area (Å²) in [4.78, 5) is 51.4. The van der Waals surface area contributed by atoms with E-state index in [2.05, 4.69) is 5.32 Å². The Bertz CT molecular complexity index is 1480. The number of aryl methyl sites for hydroxylation is 1. The summed E-state index contributed by atoms with van der Waals surface area (Å²) in [5, 5.41) is 2.23.